The Kier molecular flexibility index (Phi) is 1.85. The second-order valence-corrected chi connectivity index (χ2v) is 3.57. The van der Waals surface area contributed by atoms with Crippen molar-refractivity contribution < 1.29 is 0 Å². The number of aromatic nitrogens is 1. The average molecular weight is 162 g/mol. The van der Waals surface area contributed by atoms with Crippen molar-refractivity contribution in [1.29, 1.82) is 0 Å². The molecule has 0 fully saturated rings. The molecule has 2 rings (SSSR count). The SMILES string of the molecule is CC1Cc2ccncc2C(C)N1. The van der Waals surface area contributed by atoms with Crippen molar-refractivity contribution in [3.05, 3.63) is 29.6 Å². The van der Waals surface area contributed by atoms with E-state index < -0.39 is 0 Å². The lowest BCUT2D eigenvalue weighted by molar-refractivity contribution is 0.444. The van der Waals surface area contributed by atoms with Gasteiger partial charge in [-0.15, -0.1) is 0 Å². The van der Waals surface area contributed by atoms with E-state index in [1.807, 2.05) is 12.4 Å². The van der Waals surface area contributed by atoms with Gasteiger partial charge in [-0.25, -0.2) is 0 Å². The summed E-state index contributed by atoms with van der Waals surface area (Å²) in [6, 6.07) is 3.18. The number of nitrogens with one attached hydrogen (secondary N) is 1. The van der Waals surface area contributed by atoms with Gasteiger partial charge in [0.05, 0.1) is 0 Å². The predicted molar refractivity (Wildman–Crippen MR) is 49.0 cm³/mol. The van der Waals surface area contributed by atoms with Crippen molar-refractivity contribution in [3.63, 3.8) is 0 Å². The number of rotatable bonds is 0. The third kappa shape index (κ3) is 1.23. The van der Waals surface area contributed by atoms with E-state index in [1.165, 1.54) is 11.1 Å². The van der Waals surface area contributed by atoms with Crippen molar-refractivity contribution in [2.45, 2.75) is 32.4 Å². The van der Waals surface area contributed by atoms with Crippen LogP contribution in [-0.2, 0) is 6.42 Å². The van der Waals surface area contributed by atoms with Crippen molar-refractivity contribution in [3.8, 4) is 0 Å². The van der Waals surface area contributed by atoms with Gasteiger partial charge in [-0.1, -0.05) is 0 Å². The second-order valence-electron chi connectivity index (χ2n) is 3.57. The fraction of sp³-hybridized carbons (Fsp3) is 0.500. The number of pyridine rings is 1. The van der Waals surface area contributed by atoms with Crippen LogP contribution in [0.1, 0.15) is 31.0 Å². The van der Waals surface area contributed by atoms with Gasteiger partial charge < -0.3 is 5.32 Å². The van der Waals surface area contributed by atoms with E-state index in [0.717, 1.165) is 6.42 Å². The molecule has 12 heavy (non-hydrogen) atoms. The third-order valence-electron chi connectivity index (χ3n) is 2.47. The lowest BCUT2D eigenvalue weighted by Gasteiger charge is -2.28. The Labute approximate surface area is 73.0 Å². The zero-order valence-electron chi connectivity index (χ0n) is 7.54. The van der Waals surface area contributed by atoms with Crippen molar-refractivity contribution in [1.82, 2.24) is 10.3 Å². The van der Waals surface area contributed by atoms with E-state index in [4.69, 9.17) is 0 Å². The van der Waals surface area contributed by atoms with Gasteiger partial charge in [0.15, 0.2) is 0 Å². The molecular weight excluding hydrogens is 148 g/mol. The third-order valence-corrected chi connectivity index (χ3v) is 2.47. The zero-order valence-corrected chi connectivity index (χ0v) is 7.54. The smallest absolute Gasteiger partial charge is 0.0318 e. The fourth-order valence-electron chi connectivity index (χ4n) is 1.92. The predicted octanol–water partition coefficient (Wildman–Crippen LogP) is 1.68. The first kappa shape index (κ1) is 7.74. The second kappa shape index (κ2) is 2.87. The molecule has 0 spiro atoms. The van der Waals surface area contributed by atoms with E-state index in [0.29, 0.717) is 12.1 Å². The molecule has 0 amide bonds. The summed E-state index contributed by atoms with van der Waals surface area (Å²) in [5.41, 5.74) is 2.80. The molecule has 2 atom stereocenters. The van der Waals surface area contributed by atoms with Crippen LogP contribution >= 0.6 is 0 Å². The summed E-state index contributed by atoms with van der Waals surface area (Å²) in [5, 5.41) is 3.50. The summed E-state index contributed by atoms with van der Waals surface area (Å²) in [6.07, 6.45) is 4.98. The fourth-order valence-corrected chi connectivity index (χ4v) is 1.92. The molecule has 1 aliphatic heterocycles. The highest BCUT2D eigenvalue weighted by Gasteiger charge is 2.19. The summed E-state index contributed by atoms with van der Waals surface area (Å²) in [7, 11) is 0. The molecule has 0 aliphatic carbocycles. The van der Waals surface area contributed by atoms with Crippen LogP contribution in [0.5, 0.6) is 0 Å². The molecule has 2 heteroatoms. The van der Waals surface area contributed by atoms with Crippen LogP contribution in [0.4, 0.5) is 0 Å². The molecule has 1 aromatic rings. The Morgan fingerprint density at radius 2 is 2.33 bits per heavy atom. The molecule has 2 nitrogen and oxygen atoms in total. The Morgan fingerprint density at radius 3 is 3.17 bits per heavy atom. The lowest BCUT2D eigenvalue weighted by atomic mass is 9.94. The van der Waals surface area contributed by atoms with Gasteiger partial charge in [0.25, 0.3) is 0 Å². The van der Waals surface area contributed by atoms with Crippen molar-refractivity contribution >= 4 is 0 Å². The van der Waals surface area contributed by atoms with Crippen LogP contribution < -0.4 is 5.32 Å². The Balaban J connectivity index is 2.40. The molecule has 0 saturated heterocycles. The highest BCUT2D eigenvalue weighted by molar-refractivity contribution is 5.29. The molecule has 1 N–H and O–H groups in total. The minimum absolute atomic E-state index is 0.456. The van der Waals surface area contributed by atoms with E-state index in [1.54, 1.807) is 0 Å². The minimum atomic E-state index is 0.456. The first-order valence-electron chi connectivity index (χ1n) is 4.46. The molecule has 64 valence electrons. The first-order valence-corrected chi connectivity index (χ1v) is 4.46. The van der Waals surface area contributed by atoms with Gasteiger partial charge in [-0.3, -0.25) is 4.98 Å². The average Bonchev–Trinajstić information content (AvgIpc) is 2.04. The lowest BCUT2D eigenvalue weighted by Crippen LogP contribution is -2.35. The van der Waals surface area contributed by atoms with Gasteiger partial charge in [-0.05, 0) is 37.5 Å². The number of nitrogens with zero attached hydrogens (tertiary/aromatic N) is 1. The van der Waals surface area contributed by atoms with Gasteiger partial charge >= 0.3 is 0 Å². The van der Waals surface area contributed by atoms with Gasteiger partial charge in [0.1, 0.15) is 0 Å². The van der Waals surface area contributed by atoms with Crippen LogP contribution in [0.15, 0.2) is 18.5 Å². The maximum atomic E-state index is 4.13. The van der Waals surface area contributed by atoms with Crippen LogP contribution in [0.3, 0.4) is 0 Å². The van der Waals surface area contributed by atoms with E-state index >= 15 is 0 Å². The number of hydrogen-bond donors (Lipinski definition) is 1. The number of hydrogen-bond acceptors (Lipinski definition) is 2. The minimum Gasteiger partial charge on any atom is -0.307 e. The van der Waals surface area contributed by atoms with Gasteiger partial charge in [-0.2, -0.15) is 0 Å². The van der Waals surface area contributed by atoms with Crippen LogP contribution in [0.2, 0.25) is 0 Å². The largest absolute Gasteiger partial charge is 0.307 e. The standard InChI is InChI=1S/C10H14N2/c1-7-5-9-3-4-11-6-10(9)8(2)12-7/h3-4,6-8,12H,5H2,1-2H3. The molecule has 0 saturated carbocycles. The molecule has 2 unspecified atom stereocenters. The van der Waals surface area contributed by atoms with Crippen molar-refractivity contribution in [2.75, 3.05) is 0 Å². The molecule has 1 aliphatic rings. The summed E-state index contributed by atoms with van der Waals surface area (Å²) >= 11 is 0. The zero-order chi connectivity index (χ0) is 8.55. The number of fused-ring (bicyclic) bond motifs is 1. The quantitative estimate of drug-likeness (QED) is 0.627. The Morgan fingerprint density at radius 1 is 1.50 bits per heavy atom. The summed E-state index contributed by atoms with van der Waals surface area (Å²) in [6.45, 7) is 4.41. The molecule has 2 heterocycles. The highest BCUT2D eigenvalue weighted by atomic mass is 15.0. The summed E-state index contributed by atoms with van der Waals surface area (Å²) in [5.74, 6) is 0. The topological polar surface area (TPSA) is 24.9 Å². The van der Waals surface area contributed by atoms with Gasteiger partial charge in [0, 0.05) is 24.5 Å². The summed E-state index contributed by atoms with van der Waals surface area (Å²) < 4.78 is 0. The maximum Gasteiger partial charge on any atom is 0.0318 e. The van der Waals surface area contributed by atoms with Crippen LogP contribution in [0.25, 0.3) is 0 Å². The van der Waals surface area contributed by atoms with Crippen LogP contribution in [0, 0.1) is 0 Å². The first-order chi connectivity index (χ1) is 5.77. The van der Waals surface area contributed by atoms with E-state index in [9.17, 15) is 0 Å². The monoisotopic (exact) mass is 162 g/mol. The molecule has 0 radical (unpaired) electrons. The Hall–Kier alpha value is -0.890. The van der Waals surface area contributed by atoms with Crippen LogP contribution in [-0.4, -0.2) is 11.0 Å². The molecule has 1 aromatic heterocycles. The molecule has 0 aromatic carbocycles. The molecular formula is C10H14N2. The molecule has 0 bridgehead atoms. The van der Waals surface area contributed by atoms with Crippen molar-refractivity contribution in [2.24, 2.45) is 0 Å². The normalized spacial score (nSPS) is 28.2. The Bertz CT molecular complexity index is 283. The summed E-state index contributed by atoms with van der Waals surface area (Å²) in [4.78, 5) is 4.13. The van der Waals surface area contributed by atoms with Gasteiger partial charge in [0.2, 0.25) is 0 Å². The maximum absolute atomic E-state index is 4.13. The van der Waals surface area contributed by atoms with E-state index in [-0.39, 0.29) is 0 Å². The van der Waals surface area contributed by atoms with E-state index in [2.05, 4.69) is 30.2 Å². The highest BCUT2D eigenvalue weighted by Crippen LogP contribution is 2.23.